The quantitative estimate of drug-likeness (QED) is 0.395. The summed E-state index contributed by atoms with van der Waals surface area (Å²) in [5, 5.41) is 9.56. The first kappa shape index (κ1) is 18.7. The Kier molecular flexibility index (Phi) is 8.19. The zero-order valence-corrected chi connectivity index (χ0v) is 13.4. The van der Waals surface area contributed by atoms with E-state index >= 15 is 0 Å². The van der Waals surface area contributed by atoms with Crippen molar-refractivity contribution in [2.45, 2.75) is 66.7 Å². The molecule has 0 amide bonds. The Balaban J connectivity index is 5.27. The van der Waals surface area contributed by atoms with Gasteiger partial charge in [-0.25, -0.2) is 4.79 Å². The van der Waals surface area contributed by atoms with Gasteiger partial charge in [0, 0.05) is 0 Å². The van der Waals surface area contributed by atoms with Gasteiger partial charge >= 0.3 is 11.9 Å². The maximum atomic E-state index is 12.2. The van der Waals surface area contributed by atoms with Crippen LogP contribution in [0.3, 0.4) is 0 Å². The fraction of sp³-hybridized carbons (Fsp3) is 0.750. The molecule has 0 aliphatic rings. The van der Waals surface area contributed by atoms with Gasteiger partial charge < -0.3 is 9.84 Å². The molecule has 0 aromatic carbocycles. The van der Waals surface area contributed by atoms with Crippen LogP contribution in [0.5, 0.6) is 0 Å². The molecule has 0 radical (unpaired) electrons. The van der Waals surface area contributed by atoms with Crippen molar-refractivity contribution in [3.8, 4) is 0 Å². The third-order valence-corrected chi connectivity index (χ3v) is 3.49. The molecular weight excluding hydrogens is 256 g/mol. The van der Waals surface area contributed by atoms with Gasteiger partial charge in [0.05, 0.1) is 17.6 Å². The van der Waals surface area contributed by atoms with Crippen molar-refractivity contribution < 1.29 is 19.4 Å². The van der Waals surface area contributed by atoms with Crippen LogP contribution in [0.1, 0.15) is 66.7 Å². The molecule has 4 nitrogen and oxygen atoms in total. The zero-order valence-electron chi connectivity index (χ0n) is 13.4. The molecule has 0 bridgehead atoms. The van der Waals surface area contributed by atoms with Crippen molar-refractivity contribution in [3.05, 3.63) is 11.1 Å². The third kappa shape index (κ3) is 4.99. The van der Waals surface area contributed by atoms with Gasteiger partial charge in [0.15, 0.2) is 0 Å². The number of hydrogen-bond donors (Lipinski definition) is 1. The van der Waals surface area contributed by atoms with Crippen LogP contribution in [0.4, 0.5) is 0 Å². The number of esters is 1. The first-order valence-electron chi connectivity index (χ1n) is 7.39. The summed E-state index contributed by atoms with van der Waals surface area (Å²) >= 11 is 0. The van der Waals surface area contributed by atoms with Gasteiger partial charge in [0.2, 0.25) is 0 Å². The normalized spacial score (nSPS) is 13.4. The SMILES string of the molecule is CCCCOC(=O)C(=C(C)C)C(C)(CCCC)C(=O)O. The second-order valence-electron chi connectivity index (χ2n) is 5.61. The average molecular weight is 284 g/mol. The Hall–Kier alpha value is -1.32. The zero-order chi connectivity index (χ0) is 15.8. The molecule has 0 aliphatic carbocycles. The maximum Gasteiger partial charge on any atom is 0.335 e. The Morgan fingerprint density at radius 3 is 2.05 bits per heavy atom. The molecule has 0 aromatic heterocycles. The van der Waals surface area contributed by atoms with Gasteiger partial charge in [-0.15, -0.1) is 0 Å². The van der Waals surface area contributed by atoms with Crippen LogP contribution in [0.2, 0.25) is 0 Å². The Morgan fingerprint density at radius 1 is 1.10 bits per heavy atom. The smallest absolute Gasteiger partial charge is 0.335 e. The Morgan fingerprint density at radius 2 is 1.65 bits per heavy atom. The highest BCUT2D eigenvalue weighted by molar-refractivity contribution is 5.98. The van der Waals surface area contributed by atoms with Crippen molar-refractivity contribution in [2.24, 2.45) is 5.41 Å². The van der Waals surface area contributed by atoms with Gasteiger partial charge in [0.1, 0.15) is 0 Å². The van der Waals surface area contributed by atoms with Crippen LogP contribution in [0.25, 0.3) is 0 Å². The van der Waals surface area contributed by atoms with Crippen LogP contribution in [-0.2, 0) is 14.3 Å². The van der Waals surface area contributed by atoms with E-state index in [1.54, 1.807) is 20.8 Å². The lowest BCUT2D eigenvalue weighted by Gasteiger charge is -2.28. The number of rotatable bonds is 9. The minimum atomic E-state index is -1.17. The van der Waals surface area contributed by atoms with E-state index in [-0.39, 0.29) is 0 Å². The van der Waals surface area contributed by atoms with Gasteiger partial charge in [-0.3, -0.25) is 4.79 Å². The molecule has 0 saturated heterocycles. The van der Waals surface area contributed by atoms with E-state index in [0.29, 0.717) is 24.2 Å². The lowest BCUT2D eigenvalue weighted by atomic mass is 9.76. The molecule has 0 fully saturated rings. The van der Waals surface area contributed by atoms with Crippen LogP contribution in [-0.4, -0.2) is 23.7 Å². The number of carbonyl (C=O) groups excluding carboxylic acids is 1. The summed E-state index contributed by atoms with van der Waals surface area (Å²) in [6.07, 6.45) is 3.83. The van der Waals surface area contributed by atoms with Crippen LogP contribution >= 0.6 is 0 Å². The highest BCUT2D eigenvalue weighted by atomic mass is 16.5. The molecule has 0 heterocycles. The van der Waals surface area contributed by atoms with E-state index in [1.165, 1.54) is 0 Å². The number of ether oxygens (including phenoxy) is 1. The van der Waals surface area contributed by atoms with E-state index in [1.807, 2.05) is 13.8 Å². The molecule has 0 rings (SSSR count). The summed E-state index contributed by atoms with van der Waals surface area (Å²) in [5.74, 6) is -1.45. The largest absolute Gasteiger partial charge is 0.481 e. The van der Waals surface area contributed by atoms with Crippen LogP contribution in [0, 0.1) is 5.41 Å². The first-order chi connectivity index (χ1) is 9.31. The monoisotopic (exact) mass is 284 g/mol. The number of aliphatic carboxylic acids is 1. The topological polar surface area (TPSA) is 63.6 Å². The maximum absolute atomic E-state index is 12.2. The predicted octanol–water partition coefficient (Wildman–Crippen LogP) is 3.95. The molecule has 1 atom stereocenters. The Bertz CT molecular complexity index is 367. The summed E-state index contributed by atoms with van der Waals surface area (Å²) in [5.41, 5.74) is -0.153. The number of allylic oxidation sites excluding steroid dienone is 1. The van der Waals surface area contributed by atoms with E-state index < -0.39 is 17.4 Å². The molecule has 1 unspecified atom stereocenters. The minimum Gasteiger partial charge on any atom is -0.481 e. The lowest BCUT2D eigenvalue weighted by molar-refractivity contribution is -0.151. The van der Waals surface area contributed by atoms with E-state index in [4.69, 9.17) is 4.74 Å². The molecule has 0 aromatic rings. The van der Waals surface area contributed by atoms with Gasteiger partial charge in [-0.1, -0.05) is 38.7 Å². The van der Waals surface area contributed by atoms with Gasteiger partial charge in [0.25, 0.3) is 0 Å². The van der Waals surface area contributed by atoms with Gasteiger partial charge in [-0.2, -0.15) is 0 Å². The van der Waals surface area contributed by atoms with Gasteiger partial charge in [-0.05, 0) is 33.6 Å². The third-order valence-electron chi connectivity index (χ3n) is 3.49. The lowest BCUT2D eigenvalue weighted by Crippen LogP contribution is -2.35. The molecule has 0 saturated carbocycles. The van der Waals surface area contributed by atoms with E-state index in [2.05, 4.69) is 0 Å². The van der Waals surface area contributed by atoms with E-state index in [9.17, 15) is 14.7 Å². The molecular formula is C16H28O4. The Labute approximate surface area is 122 Å². The molecule has 0 spiro atoms. The van der Waals surface area contributed by atoms with Crippen LogP contribution < -0.4 is 0 Å². The predicted molar refractivity (Wildman–Crippen MR) is 79.5 cm³/mol. The summed E-state index contributed by atoms with van der Waals surface area (Å²) in [6.45, 7) is 9.51. The summed E-state index contributed by atoms with van der Waals surface area (Å²) in [7, 11) is 0. The summed E-state index contributed by atoms with van der Waals surface area (Å²) in [4.78, 5) is 23.9. The average Bonchev–Trinajstić information content (AvgIpc) is 2.36. The van der Waals surface area contributed by atoms with Crippen molar-refractivity contribution in [1.29, 1.82) is 0 Å². The molecule has 116 valence electrons. The van der Waals surface area contributed by atoms with E-state index in [0.717, 1.165) is 25.7 Å². The van der Waals surface area contributed by atoms with Crippen LogP contribution in [0.15, 0.2) is 11.1 Å². The molecule has 0 aliphatic heterocycles. The second kappa shape index (κ2) is 8.77. The van der Waals surface area contributed by atoms with Crippen molar-refractivity contribution >= 4 is 11.9 Å². The summed E-state index contributed by atoms with van der Waals surface area (Å²) < 4.78 is 5.22. The molecule has 4 heteroatoms. The van der Waals surface area contributed by atoms with Crippen molar-refractivity contribution in [3.63, 3.8) is 0 Å². The fourth-order valence-electron chi connectivity index (χ4n) is 2.23. The second-order valence-corrected chi connectivity index (χ2v) is 5.61. The molecule has 1 N–H and O–H groups in total. The number of unbranched alkanes of at least 4 members (excludes halogenated alkanes) is 2. The minimum absolute atomic E-state index is 0.301. The highest BCUT2D eigenvalue weighted by Gasteiger charge is 2.41. The first-order valence-corrected chi connectivity index (χ1v) is 7.39. The highest BCUT2D eigenvalue weighted by Crippen LogP contribution is 2.36. The summed E-state index contributed by atoms with van der Waals surface area (Å²) in [6, 6.07) is 0. The number of carbonyl (C=O) groups is 2. The van der Waals surface area contributed by atoms with Crippen molar-refractivity contribution in [1.82, 2.24) is 0 Å². The fourth-order valence-corrected chi connectivity index (χ4v) is 2.23. The van der Waals surface area contributed by atoms with Crippen molar-refractivity contribution in [2.75, 3.05) is 6.61 Å². The molecule has 20 heavy (non-hydrogen) atoms. The number of carboxylic acid groups (broad SMARTS) is 1. The number of carboxylic acids is 1. The number of hydrogen-bond acceptors (Lipinski definition) is 3. The standard InChI is InChI=1S/C16H28O4/c1-6-8-10-16(5,15(18)19)13(12(3)4)14(17)20-11-9-7-2/h6-11H2,1-5H3,(H,18,19).